The molecular formula is C38H48N6O4S. The Hall–Kier alpha value is -4.51. The largest absolute Gasteiger partial charge is 0.475 e. The van der Waals surface area contributed by atoms with Gasteiger partial charge in [0.05, 0.1) is 28.9 Å². The number of hydrogen-bond donors (Lipinski definition) is 1. The summed E-state index contributed by atoms with van der Waals surface area (Å²) >= 11 is 0. The van der Waals surface area contributed by atoms with Crippen molar-refractivity contribution in [2.24, 2.45) is 5.41 Å². The number of pyridine rings is 1. The topological polar surface area (TPSA) is 118 Å². The van der Waals surface area contributed by atoms with Crippen LogP contribution in [-0.2, 0) is 16.6 Å². The number of aromatic nitrogens is 3. The van der Waals surface area contributed by atoms with Gasteiger partial charge in [0.25, 0.3) is 15.9 Å². The smallest absolute Gasteiger partial charge is 0.264 e. The number of fused-ring (bicyclic) bond motifs is 4. The lowest BCUT2D eigenvalue weighted by molar-refractivity contribution is 0.0509. The van der Waals surface area contributed by atoms with Gasteiger partial charge in [-0.05, 0) is 94.8 Å². The van der Waals surface area contributed by atoms with Crippen LogP contribution in [0, 0.1) is 19.3 Å². The van der Waals surface area contributed by atoms with Gasteiger partial charge in [-0.1, -0.05) is 51.1 Å². The lowest BCUT2D eigenvalue weighted by Gasteiger charge is -2.36. The molecule has 260 valence electrons. The predicted molar refractivity (Wildman–Crippen MR) is 194 cm³/mol. The Morgan fingerprint density at radius 3 is 2.22 bits per heavy atom. The van der Waals surface area contributed by atoms with Gasteiger partial charge in [-0.3, -0.25) is 4.79 Å². The minimum Gasteiger partial charge on any atom is -0.475 e. The molecule has 5 rings (SSSR count). The van der Waals surface area contributed by atoms with Gasteiger partial charge in [-0.15, -0.1) is 0 Å². The first-order chi connectivity index (χ1) is 23.0. The lowest BCUT2D eigenvalue weighted by Crippen LogP contribution is -2.45. The minimum absolute atomic E-state index is 0.0712. The number of rotatable bonds is 7. The molecule has 0 aliphatic carbocycles. The van der Waals surface area contributed by atoms with Crippen LogP contribution in [0.3, 0.4) is 0 Å². The van der Waals surface area contributed by atoms with E-state index in [1.54, 1.807) is 23.1 Å². The van der Waals surface area contributed by atoms with E-state index in [1.807, 2.05) is 50.2 Å². The third kappa shape index (κ3) is 8.39. The molecular weight excluding hydrogens is 637 g/mol. The molecule has 0 saturated heterocycles. The summed E-state index contributed by atoms with van der Waals surface area (Å²) in [6, 6.07) is 19.6. The molecule has 1 aliphatic heterocycles. The number of hydrogen-bond acceptors (Lipinski definition) is 8. The van der Waals surface area contributed by atoms with Gasteiger partial charge < -0.3 is 14.5 Å². The summed E-state index contributed by atoms with van der Waals surface area (Å²) in [7, 11) is -4.17. The first kappa shape index (κ1) is 35.8. The van der Waals surface area contributed by atoms with E-state index >= 15 is 0 Å². The summed E-state index contributed by atoms with van der Waals surface area (Å²) in [5.74, 6) is 0.597. The van der Waals surface area contributed by atoms with E-state index in [1.165, 1.54) is 12.1 Å². The van der Waals surface area contributed by atoms with Crippen LogP contribution < -0.4 is 14.4 Å². The van der Waals surface area contributed by atoms with E-state index in [0.717, 1.165) is 22.5 Å². The average molecular weight is 685 g/mol. The maximum absolute atomic E-state index is 14.5. The fourth-order valence-corrected chi connectivity index (χ4v) is 7.53. The fourth-order valence-electron chi connectivity index (χ4n) is 6.55. The van der Waals surface area contributed by atoms with Crippen LogP contribution in [0.4, 0.5) is 11.8 Å². The third-order valence-corrected chi connectivity index (χ3v) is 9.86. The summed E-state index contributed by atoms with van der Waals surface area (Å²) in [4.78, 5) is 32.6. The van der Waals surface area contributed by atoms with E-state index in [-0.39, 0.29) is 58.8 Å². The summed E-state index contributed by atoms with van der Waals surface area (Å²) in [6.07, 6.45) is 0.598. The van der Waals surface area contributed by atoms with Crippen LogP contribution in [0.25, 0.3) is 11.3 Å². The first-order valence-corrected chi connectivity index (χ1v) is 18.3. The van der Waals surface area contributed by atoms with Crippen molar-refractivity contribution in [3.63, 3.8) is 0 Å². The molecule has 2 aromatic heterocycles. The molecule has 49 heavy (non-hydrogen) atoms. The van der Waals surface area contributed by atoms with Crippen LogP contribution >= 0.6 is 0 Å². The first-order valence-electron chi connectivity index (χ1n) is 16.8. The Morgan fingerprint density at radius 1 is 0.918 bits per heavy atom. The molecule has 10 nitrogen and oxygen atoms in total. The van der Waals surface area contributed by atoms with Gasteiger partial charge in [-0.2, -0.15) is 4.98 Å². The number of sulfonamides is 1. The van der Waals surface area contributed by atoms with Crippen molar-refractivity contribution >= 4 is 27.7 Å². The maximum Gasteiger partial charge on any atom is 0.264 e. The van der Waals surface area contributed by atoms with Crippen molar-refractivity contribution in [2.75, 3.05) is 16.2 Å². The average Bonchev–Trinajstić information content (AvgIpc) is 3.00. The van der Waals surface area contributed by atoms with Gasteiger partial charge >= 0.3 is 0 Å². The molecule has 3 heterocycles. The van der Waals surface area contributed by atoms with Crippen LogP contribution in [0.2, 0.25) is 0 Å². The molecule has 2 aromatic carbocycles. The molecule has 0 saturated carbocycles. The van der Waals surface area contributed by atoms with Crippen molar-refractivity contribution in [3.8, 4) is 17.1 Å². The van der Waals surface area contributed by atoms with Crippen LogP contribution in [0.1, 0.15) is 82.1 Å². The van der Waals surface area contributed by atoms with E-state index in [0.29, 0.717) is 17.8 Å². The summed E-state index contributed by atoms with van der Waals surface area (Å²) in [5, 5.41) is 0. The van der Waals surface area contributed by atoms with Gasteiger partial charge in [0.2, 0.25) is 11.8 Å². The second-order valence-corrected chi connectivity index (χ2v) is 16.2. The number of aryl methyl sites for hydroxylation is 2. The zero-order valence-corrected chi connectivity index (χ0v) is 30.8. The highest BCUT2D eigenvalue weighted by atomic mass is 32.2. The zero-order chi connectivity index (χ0) is 35.7. The Kier molecular flexibility index (Phi) is 10.3. The number of ether oxygens (including phenoxy) is 1. The monoisotopic (exact) mass is 684 g/mol. The molecule has 1 atom stereocenters. The second-order valence-electron chi connectivity index (χ2n) is 14.6. The quantitative estimate of drug-likeness (QED) is 0.214. The predicted octanol–water partition coefficient (Wildman–Crippen LogP) is 7.42. The summed E-state index contributed by atoms with van der Waals surface area (Å²) in [5.41, 5.74) is 4.13. The molecule has 4 aromatic rings. The minimum atomic E-state index is -4.17. The highest BCUT2D eigenvalue weighted by Crippen LogP contribution is 2.32. The summed E-state index contributed by atoms with van der Waals surface area (Å²) < 4.78 is 36.4. The zero-order valence-electron chi connectivity index (χ0n) is 30.0. The van der Waals surface area contributed by atoms with E-state index in [2.05, 4.69) is 68.1 Å². The molecule has 0 spiro atoms. The van der Waals surface area contributed by atoms with Gasteiger partial charge in [0.15, 0.2) is 0 Å². The van der Waals surface area contributed by atoms with E-state index in [4.69, 9.17) is 9.72 Å². The Bertz CT molecular complexity index is 1910. The molecule has 0 fully saturated rings. The summed E-state index contributed by atoms with van der Waals surface area (Å²) in [6.45, 7) is 19.2. The molecule has 11 heteroatoms. The molecule has 1 amide bonds. The molecule has 0 radical (unpaired) electrons. The van der Waals surface area contributed by atoms with Crippen LogP contribution in [0.5, 0.6) is 5.88 Å². The van der Waals surface area contributed by atoms with Crippen molar-refractivity contribution in [2.45, 2.75) is 98.3 Å². The van der Waals surface area contributed by atoms with Gasteiger partial charge in [0.1, 0.15) is 12.4 Å². The number of benzene rings is 2. The number of carbonyl (C=O) groups excluding carboxylic acids is 1. The number of nitrogens with one attached hydrogen (secondary N) is 1. The normalized spacial score (nSPS) is 16.3. The molecule has 0 unspecified atom stereocenters. The Morgan fingerprint density at radius 2 is 1.57 bits per heavy atom. The van der Waals surface area contributed by atoms with Crippen molar-refractivity contribution < 1.29 is 17.9 Å². The molecule has 4 bridgehead atoms. The SMILES string of the molecule is Cc1cccc(C)c1-c1cc2nc(n1)NS(=O)(=O)c1cccc(c1)C(=O)N(Cc1cccc(N(C(C)C)C(C)C)n1)[C@H](CC(C)(C)C)CO2. The standard InChI is InChI=1S/C38H48N6O4S/c1-24(2)44(25(3)4)33-18-12-16-29(39-33)22-43-30(21-38(7,8)9)23-48-34-20-32(35-26(5)13-10-14-27(35)6)40-37(41-34)42-49(46,47)31-17-11-15-28(19-31)36(43)45/h10-20,24-25,30H,21-23H2,1-9H3,(H,40,41,42)/t30-/m1/s1. The van der Waals surface area contributed by atoms with Gasteiger partial charge in [-0.25, -0.2) is 23.1 Å². The maximum atomic E-state index is 14.5. The third-order valence-electron chi connectivity index (χ3n) is 8.53. The van der Waals surface area contributed by atoms with Crippen LogP contribution in [0.15, 0.2) is 71.6 Å². The molecule has 1 aliphatic rings. The van der Waals surface area contributed by atoms with Crippen molar-refractivity contribution in [1.29, 1.82) is 0 Å². The number of anilines is 2. The number of carbonyl (C=O) groups is 1. The second kappa shape index (κ2) is 14.2. The Balaban J connectivity index is 1.66. The lowest BCUT2D eigenvalue weighted by atomic mass is 9.87. The number of nitrogens with zero attached hydrogens (tertiary/aromatic N) is 5. The van der Waals surface area contributed by atoms with Crippen molar-refractivity contribution in [3.05, 3.63) is 89.1 Å². The number of amides is 1. The highest BCUT2D eigenvalue weighted by Gasteiger charge is 2.32. The van der Waals surface area contributed by atoms with E-state index < -0.39 is 16.1 Å². The van der Waals surface area contributed by atoms with Crippen molar-refractivity contribution in [1.82, 2.24) is 19.9 Å². The van der Waals surface area contributed by atoms with E-state index in [9.17, 15) is 13.2 Å². The Labute approximate surface area is 291 Å². The van der Waals surface area contributed by atoms with Crippen LogP contribution in [-0.4, -0.2) is 58.9 Å². The highest BCUT2D eigenvalue weighted by molar-refractivity contribution is 7.92. The molecule has 1 N–H and O–H groups in total. The van der Waals surface area contributed by atoms with Gasteiger partial charge in [0, 0.05) is 29.3 Å². The fraction of sp³-hybridized carbons (Fsp3) is 0.421.